The molecule has 3 N–H and O–H groups in total. The SMILES string of the molecule is Cc1ccc(-c2ccc(C(=O)N[C@@H]3C=CS(=N)(=O)C3)c(=O)[nH]2)cc1. The van der Waals surface area contributed by atoms with E-state index in [-0.39, 0.29) is 11.3 Å². The monoisotopic (exact) mass is 343 g/mol. The van der Waals surface area contributed by atoms with Crippen molar-refractivity contribution in [2.45, 2.75) is 13.0 Å². The highest BCUT2D eigenvalue weighted by molar-refractivity contribution is 7.95. The summed E-state index contributed by atoms with van der Waals surface area (Å²) < 4.78 is 19.0. The minimum atomic E-state index is -2.76. The van der Waals surface area contributed by atoms with Gasteiger partial charge in [-0.15, -0.1) is 0 Å². The second-order valence-corrected chi connectivity index (χ2v) is 7.84. The van der Waals surface area contributed by atoms with E-state index < -0.39 is 27.2 Å². The number of pyridine rings is 1. The first kappa shape index (κ1) is 16.2. The van der Waals surface area contributed by atoms with Crippen LogP contribution in [0.25, 0.3) is 11.3 Å². The molecule has 0 saturated heterocycles. The Morgan fingerprint density at radius 2 is 1.96 bits per heavy atom. The molecule has 1 aliphatic heterocycles. The molecule has 3 rings (SSSR count). The van der Waals surface area contributed by atoms with E-state index in [4.69, 9.17) is 4.78 Å². The predicted octanol–water partition coefficient (Wildman–Crippen LogP) is 2.02. The van der Waals surface area contributed by atoms with Crippen LogP contribution in [-0.4, -0.2) is 26.9 Å². The largest absolute Gasteiger partial charge is 0.345 e. The number of hydrogen-bond acceptors (Lipinski definition) is 4. The van der Waals surface area contributed by atoms with Crippen LogP contribution in [0.4, 0.5) is 0 Å². The summed E-state index contributed by atoms with van der Waals surface area (Å²) in [6.07, 6.45) is 1.53. The van der Waals surface area contributed by atoms with Gasteiger partial charge in [0.1, 0.15) is 5.56 Å². The highest BCUT2D eigenvalue weighted by Gasteiger charge is 2.22. The van der Waals surface area contributed by atoms with Gasteiger partial charge in [0.05, 0.1) is 21.5 Å². The standard InChI is InChI=1S/C17H17N3O3S/c1-11-2-4-12(5-3-11)15-7-6-14(17(22)20-15)16(21)19-13-8-9-24(18,23)10-13/h2-9,13,18H,10H2,1H3,(H,19,21)(H,20,22)/t13-,24?/m1/s1. The van der Waals surface area contributed by atoms with Gasteiger partial charge in [-0.3, -0.25) is 9.59 Å². The first-order valence-corrected chi connectivity index (χ1v) is 9.19. The van der Waals surface area contributed by atoms with Crippen LogP contribution in [0.3, 0.4) is 0 Å². The zero-order valence-corrected chi connectivity index (χ0v) is 13.9. The van der Waals surface area contributed by atoms with Gasteiger partial charge in [-0.1, -0.05) is 35.9 Å². The maximum absolute atomic E-state index is 12.2. The molecule has 1 aromatic heterocycles. The molecule has 1 aliphatic rings. The smallest absolute Gasteiger partial charge is 0.261 e. The molecular weight excluding hydrogens is 326 g/mol. The van der Waals surface area contributed by atoms with E-state index in [0.29, 0.717) is 5.69 Å². The number of aromatic amines is 1. The lowest BCUT2D eigenvalue weighted by molar-refractivity contribution is 0.0946. The molecule has 24 heavy (non-hydrogen) atoms. The molecule has 0 radical (unpaired) electrons. The maximum atomic E-state index is 12.2. The zero-order valence-electron chi connectivity index (χ0n) is 13.0. The average Bonchev–Trinajstić information content (AvgIpc) is 2.86. The quantitative estimate of drug-likeness (QED) is 0.794. The number of carbonyl (C=O) groups is 1. The summed E-state index contributed by atoms with van der Waals surface area (Å²) >= 11 is 0. The van der Waals surface area contributed by atoms with Crippen molar-refractivity contribution < 1.29 is 9.00 Å². The third kappa shape index (κ3) is 3.46. The molecule has 0 bridgehead atoms. The second-order valence-electron chi connectivity index (χ2n) is 5.78. The fraction of sp³-hybridized carbons (Fsp3) is 0.176. The van der Waals surface area contributed by atoms with Gasteiger partial charge in [0, 0.05) is 11.1 Å². The fourth-order valence-electron chi connectivity index (χ4n) is 2.49. The minimum Gasteiger partial charge on any atom is -0.345 e. The first-order valence-electron chi connectivity index (χ1n) is 7.40. The van der Waals surface area contributed by atoms with E-state index in [1.165, 1.54) is 17.6 Å². The molecule has 6 nitrogen and oxygen atoms in total. The lowest BCUT2D eigenvalue weighted by Crippen LogP contribution is -2.38. The molecule has 2 heterocycles. The van der Waals surface area contributed by atoms with E-state index in [1.54, 1.807) is 6.07 Å². The Balaban J connectivity index is 1.80. The number of carbonyl (C=O) groups excluding carboxylic acids is 1. The van der Waals surface area contributed by atoms with Gasteiger partial charge in [0.25, 0.3) is 11.5 Å². The van der Waals surface area contributed by atoms with Gasteiger partial charge < -0.3 is 10.3 Å². The van der Waals surface area contributed by atoms with Gasteiger partial charge in [-0.2, -0.15) is 0 Å². The summed E-state index contributed by atoms with van der Waals surface area (Å²) in [6.45, 7) is 1.98. The molecule has 0 aliphatic carbocycles. The van der Waals surface area contributed by atoms with Crippen molar-refractivity contribution in [1.82, 2.24) is 10.3 Å². The Kier molecular flexibility index (Phi) is 4.11. The van der Waals surface area contributed by atoms with Crippen LogP contribution >= 0.6 is 0 Å². The fourth-order valence-corrected chi connectivity index (χ4v) is 3.77. The van der Waals surface area contributed by atoms with Crippen molar-refractivity contribution in [2.75, 3.05) is 5.75 Å². The molecule has 1 aromatic carbocycles. The lowest BCUT2D eigenvalue weighted by Gasteiger charge is -2.10. The number of benzene rings is 1. The molecule has 1 unspecified atom stereocenters. The number of amides is 1. The van der Waals surface area contributed by atoms with Crippen molar-refractivity contribution in [1.29, 1.82) is 4.78 Å². The summed E-state index contributed by atoms with van der Waals surface area (Å²) in [6, 6.07) is 10.3. The number of H-pyrrole nitrogens is 1. The van der Waals surface area contributed by atoms with E-state index in [1.807, 2.05) is 31.2 Å². The van der Waals surface area contributed by atoms with Crippen LogP contribution in [0.2, 0.25) is 0 Å². The van der Waals surface area contributed by atoms with E-state index in [9.17, 15) is 13.8 Å². The van der Waals surface area contributed by atoms with Gasteiger partial charge in [-0.05, 0) is 24.6 Å². The maximum Gasteiger partial charge on any atom is 0.261 e. The predicted molar refractivity (Wildman–Crippen MR) is 93.4 cm³/mol. The summed E-state index contributed by atoms with van der Waals surface area (Å²) in [5.41, 5.74) is 2.11. The van der Waals surface area contributed by atoms with Crippen molar-refractivity contribution >= 4 is 15.6 Å². The van der Waals surface area contributed by atoms with Crippen LogP contribution in [0.5, 0.6) is 0 Å². The third-order valence-electron chi connectivity index (χ3n) is 3.79. The Hall–Kier alpha value is -2.67. The number of nitrogens with one attached hydrogen (secondary N) is 3. The average molecular weight is 343 g/mol. The van der Waals surface area contributed by atoms with E-state index >= 15 is 0 Å². The van der Waals surface area contributed by atoms with Gasteiger partial charge >= 0.3 is 0 Å². The van der Waals surface area contributed by atoms with E-state index in [2.05, 4.69) is 10.3 Å². The summed E-state index contributed by atoms with van der Waals surface area (Å²) in [4.78, 5) is 27.1. The summed E-state index contributed by atoms with van der Waals surface area (Å²) in [7, 11) is -2.76. The third-order valence-corrected chi connectivity index (χ3v) is 5.24. The Labute approximate surface area is 139 Å². The molecule has 2 atom stereocenters. The summed E-state index contributed by atoms with van der Waals surface area (Å²) in [5.74, 6) is -0.503. The summed E-state index contributed by atoms with van der Waals surface area (Å²) in [5, 5.41) is 3.91. The lowest BCUT2D eigenvalue weighted by atomic mass is 10.1. The van der Waals surface area contributed by atoms with Crippen molar-refractivity contribution in [3.8, 4) is 11.3 Å². The van der Waals surface area contributed by atoms with Gasteiger partial charge in [0.2, 0.25) is 0 Å². The second kappa shape index (κ2) is 6.09. The normalized spacial score (nSPS) is 22.5. The first-order chi connectivity index (χ1) is 11.3. The van der Waals surface area contributed by atoms with Crippen molar-refractivity contribution in [2.24, 2.45) is 0 Å². The minimum absolute atomic E-state index is 0.0114. The zero-order chi connectivity index (χ0) is 17.3. The highest BCUT2D eigenvalue weighted by Crippen LogP contribution is 2.16. The van der Waals surface area contributed by atoms with Crippen molar-refractivity contribution in [3.05, 3.63) is 69.4 Å². The van der Waals surface area contributed by atoms with Crippen LogP contribution in [0.1, 0.15) is 15.9 Å². The van der Waals surface area contributed by atoms with Crippen molar-refractivity contribution in [3.63, 3.8) is 0 Å². The van der Waals surface area contributed by atoms with Crippen LogP contribution in [0, 0.1) is 11.7 Å². The van der Waals surface area contributed by atoms with Crippen LogP contribution in [-0.2, 0) is 9.73 Å². The molecule has 7 heteroatoms. The molecule has 124 valence electrons. The van der Waals surface area contributed by atoms with Crippen LogP contribution < -0.4 is 10.9 Å². The van der Waals surface area contributed by atoms with Gasteiger partial charge in [0.15, 0.2) is 0 Å². The Bertz CT molecular complexity index is 973. The highest BCUT2D eigenvalue weighted by atomic mass is 32.2. The molecule has 0 fully saturated rings. The Morgan fingerprint density at radius 1 is 1.25 bits per heavy atom. The van der Waals surface area contributed by atoms with E-state index in [0.717, 1.165) is 11.1 Å². The molecule has 0 spiro atoms. The topological polar surface area (TPSA) is 103 Å². The van der Waals surface area contributed by atoms with Gasteiger partial charge in [-0.25, -0.2) is 8.99 Å². The number of aromatic nitrogens is 1. The molecular formula is C17H17N3O3S. The molecule has 1 amide bonds. The number of hydrogen-bond donors (Lipinski definition) is 3. The number of aryl methyl sites for hydroxylation is 1. The molecule has 2 aromatic rings. The Morgan fingerprint density at radius 3 is 2.54 bits per heavy atom. The van der Waals surface area contributed by atoms with Crippen LogP contribution in [0.15, 0.2) is 52.7 Å². The molecule has 0 saturated carbocycles. The number of rotatable bonds is 3.